The maximum atomic E-state index is 11.5. The summed E-state index contributed by atoms with van der Waals surface area (Å²) in [7, 11) is 0. The fourth-order valence-electron chi connectivity index (χ4n) is 2.16. The van der Waals surface area contributed by atoms with Gasteiger partial charge in [-0.1, -0.05) is 31.9 Å². The Morgan fingerprint density at radius 3 is 2.86 bits per heavy atom. The lowest BCUT2D eigenvalue weighted by Crippen LogP contribution is -2.37. The molecular weight excluding hydrogens is 270 g/mol. The fraction of sp³-hybridized carbons (Fsp3) is 0.400. The highest BCUT2D eigenvalue weighted by atomic mass is 16.3. The van der Waals surface area contributed by atoms with Crippen LogP contribution in [-0.2, 0) is 0 Å². The molecule has 0 spiro atoms. The summed E-state index contributed by atoms with van der Waals surface area (Å²) in [4.78, 5) is 11.5. The molecule has 1 amide bonds. The van der Waals surface area contributed by atoms with Gasteiger partial charge < -0.3 is 20.6 Å². The largest absolute Gasteiger partial charge is 0.449 e. The van der Waals surface area contributed by atoms with Crippen molar-refractivity contribution in [1.82, 2.24) is 5.32 Å². The quantitative estimate of drug-likeness (QED) is 0.440. The number of unbranched alkanes of at least 4 members (excludes halogenated alkanes) is 2. The van der Waals surface area contributed by atoms with Crippen LogP contribution in [0, 0.1) is 0 Å². The van der Waals surface area contributed by atoms with E-state index in [9.17, 15) is 9.90 Å². The Balaban J connectivity index is 2.12. The summed E-state index contributed by atoms with van der Waals surface area (Å²) in [6.45, 7) is 2.80. The number of fused-ring (bicyclic) bond motifs is 1. The van der Waals surface area contributed by atoms with Crippen molar-refractivity contribution in [1.29, 1.82) is 0 Å². The summed E-state index contributed by atoms with van der Waals surface area (Å²) in [5.41, 5.74) is 6.28. The number of amides is 1. The van der Waals surface area contributed by atoms with Gasteiger partial charge in [0.05, 0.1) is 5.69 Å². The molecule has 0 saturated heterocycles. The van der Waals surface area contributed by atoms with Crippen molar-refractivity contribution in [2.24, 2.45) is 5.73 Å². The van der Waals surface area contributed by atoms with E-state index in [4.69, 9.17) is 10.2 Å². The van der Waals surface area contributed by atoms with Crippen LogP contribution < -0.4 is 16.4 Å². The molecule has 6 heteroatoms. The maximum absolute atomic E-state index is 11.5. The SMILES string of the molecule is CCCCCNC(O)Nc1c(C(N)=O)oc2ccccc12. The van der Waals surface area contributed by atoms with E-state index in [2.05, 4.69) is 17.6 Å². The first-order valence-corrected chi connectivity index (χ1v) is 7.12. The Hall–Kier alpha value is -2.05. The van der Waals surface area contributed by atoms with E-state index in [1.165, 1.54) is 0 Å². The topological polar surface area (TPSA) is 101 Å². The molecule has 1 aromatic carbocycles. The third-order valence-corrected chi connectivity index (χ3v) is 3.22. The zero-order chi connectivity index (χ0) is 15.2. The molecule has 21 heavy (non-hydrogen) atoms. The van der Waals surface area contributed by atoms with Crippen LogP contribution >= 0.6 is 0 Å². The number of carbonyl (C=O) groups is 1. The van der Waals surface area contributed by atoms with Gasteiger partial charge in [0.1, 0.15) is 5.58 Å². The molecule has 5 N–H and O–H groups in total. The molecule has 0 aliphatic carbocycles. The van der Waals surface area contributed by atoms with Crippen LogP contribution in [0.5, 0.6) is 0 Å². The van der Waals surface area contributed by atoms with Gasteiger partial charge in [-0.2, -0.15) is 0 Å². The van der Waals surface area contributed by atoms with Crippen molar-refractivity contribution in [3.63, 3.8) is 0 Å². The average Bonchev–Trinajstić information content (AvgIpc) is 2.83. The highest BCUT2D eigenvalue weighted by Crippen LogP contribution is 2.30. The average molecular weight is 291 g/mol. The number of carbonyl (C=O) groups excluding carboxylic acids is 1. The monoisotopic (exact) mass is 291 g/mol. The molecule has 0 bridgehead atoms. The van der Waals surface area contributed by atoms with Gasteiger partial charge >= 0.3 is 0 Å². The number of aliphatic hydroxyl groups excluding tert-OH is 1. The smallest absolute Gasteiger partial charge is 0.286 e. The van der Waals surface area contributed by atoms with E-state index in [0.29, 0.717) is 23.2 Å². The second kappa shape index (κ2) is 7.10. The minimum atomic E-state index is -0.971. The highest BCUT2D eigenvalue weighted by molar-refractivity contribution is 6.05. The van der Waals surface area contributed by atoms with Gasteiger partial charge in [-0.05, 0) is 25.1 Å². The van der Waals surface area contributed by atoms with Crippen LogP contribution in [0.25, 0.3) is 11.0 Å². The lowest BCUT2D eigenvalue weighted by Gasteiger charge is -2.15. The van der Waals surface area contributed by atoms with E-state index in [0.717, 1.165) is 19.3 Å². The Morgan fingerprint density at radius 2 is 2.14 bits per heavy atom. The molecular formula is C15H21N3O3. The summed E-state index contributed by atoms with van der Waals surface area (Å²) >= 11 is 0. The molecule has 114 valence electrons. The molecule has 0 radical (unpaired) electrons. The van der Waals surface area contributed by atoms with Gasteiger partial charge in [0, 0.05) is 5.39 Å². The molecule has 2 aromatic rings. The minimum absolute atomic E-state index is 0.0191. The number of anilines is 1. The number of benzene rings is 1. The highest BCUT2D eigenvalue weighted by Gasteiger charge is 2.19. The van der Waals surface area contributed by atoms with Gasteiger partial charge in [-0.3, -0.25) is 10.1 Å². The first-order chi connectivity index (χ1) is 10.1. The summed E-state index contributed by atoms with van der Waals surface area (Å²) in [5, 5.41) is 16.5. The van der Waals surface area contributed by atoms with Crippen molar-refractivity contribution in [2.75, 3.05) is 11.9 Å². The van der Waals surface area contributed by atoms with Crippen molar-refractivity contribution >= 4 is 22.6 Å². The van der Waals surface area contributed by atoms with E-state index < -0.39 is 12.3 Å². The lowest BCUT2D eigenvalue weighted by atomic mass is 10.2. The molecule has 6 nitrogen and oxygen atoms in total. The molecule has 2 rings (SSSR count). The van der Waals surface area contributed by atoms with Gasteiger partial charge in [0.25, 0.3) is 5.91 Å². The van der Waals surface area contributed by atoms with E-state index in [1.54, 1.807) is 18.2 Å². The van der Waals surface area contributed by atoms with E-state index in [1.807, 2.05) is 6.07 Å². The van der Waals surface area contributed by atoms with Crippen LogP contribution in [0.15, 0.2) is 28.7 Å². The van der Waals surface area contributed by atoms with Crippen LogP contribution in [0.2, 0.25) is 0 Å². The van der Waals surface area contributed by atoms with Crippen LogP contribution in [0.1, 0.15) is 36.7 Å². The minimum Gasteiger partial charge on any atom is -0.449 e. The summed E-state index contributed by atoms with van der Waals surface area (Å²) < 4.78 is 5.43. The van der Waals surface area contributed by atoms with Crippen molar-refractivity contribution in [3.05, 3.63) is 30.0 Å². The number of rotatable bonds is 8. The number of primary amides is 1. The molecule has 1 aromatic heterocycles. The molecule has 1 heterocycles. The number of nitrogens with one attached hydrogen (secondary N) is 2. The predicted octanol–water partition coefficient (Wildman–Crippen LogP) is 2.00. The van der Waals surface area contributed by atoms with Gasteiger partial charge in [-0.15, -0.1) is 0 Å². The molecule has 1 unspecified atom stereocenters. The molecule has 0 aliphatic rings. The fourth-order valence-corrected chi connectivity index (χ4v) is 2.16. The van der Waals surface area contributed by atoms with Crippen molar-refractivity contribution in [3.8, 4) is 0 Å². The first kappa shape index (κ1) is 15.3. The second-order valence-electron chi connectivity index (χ2n) is 4.87. The normalized spacial score (nSPS) is 12.5. The van der Waals surface area contributed by atoms with Crippen LogP contribution in [0.4, 0.5) is 5.69 Å². The van der Waals surface area contributed by atoms with E-state index >= 15 is 0 Å². The maximum Gasteiger partial charge on any atom is 0.286 e. The van der Waals surface area contributed by atoms with E-state index in [-0.39, 0.29) is 5.76 Å². The van der Waals surface area contributed by atoms with Gasteiger partial charge in [0.2, 0.25) is 5.76 Å². The summed E-state index contributed by atoms with van der Waals surface area (Å²) in [5.74, 6) is -0.655. The number of hydrogen-bond donors (Lipinski definition) is 4. The summed E-state index contributed by atoms with van der Waals surface area (Å²) in [6.07, 6.45) is 2.22. The molecule has 0 saturated carbocycles. The Kier molecular flexibility index (Phi) is 5.19. The summed E-state index contributed by atoms with van der Waals surface area (Å²) in [6, 6.07) is 7.18. The zero-order valence-electron chi connectivity index (χ0n) is 12.1. The molecule has 0 aliphatic heterocycles. The van der Waals surface area contributed by atoms with Crippen LogP contribution in [-0.4, -0.2) is 23.9 Å². The molecule has 0 fully saturated rings. The standard InChI is InChI=1S/C15H21N3O3/c1-2-3-6-9-17-15(20)18-12-10-7-4-5-8-11(10)21-13(12)14(16)19/h4-5,7-8,15,17-18,20H,2-3,6,9H2,1H3,(H2,16,19). The Labute approximate surface area is 123 Å². The zero-order valence-corrected chi connectivity index (χ0v) is 12.1. The third-order valence-electron chi connectivity index (χ3n) is 3.22. The van der Waals surface area contributed by atoms with Crippen molar-refractivity contribution < 1.29 is 14.3 Å². The predicted molar refractivity (Wildman–Crippen MR) is 81.9 cm³/mol. The number of furan rings is 1. The lowest BCUT2D eigenvalue weighted by molar-refractivity contribution is 0.0976. The Morgan fingerprint density at radius 1 is 1.38 bits per heavy atom. The second-order valence-corrected chi connectivity index (χ2v) is 4.87. The third kappa shape index (κ3) is 3.74. The Bertz CT molecular complexity index is 609. The number of para-hydroxylation sites is 1. The number of nitrogens with two attached hydrogens (primary N) is 1. The molecule has 1 atom stereocenters. The van der Waals surface area contributed by atoms with Gasteiger partial charge in [-0.25, -0.2) is 0 Å². The number of aliphatic hydroxyl groups is 1. The van der Waals surface area contributed by atoms with Crippen molar-refractivity contribution in [2.45, 2.75) is 32.5 Å². The van der Waals surface area contributed by atoms with Gasteiger partial charge in [0.15, 0.2) is 6.35 Å². The van der Waals surface area contributed by atoms with Crippen LogP contribution in [0.3, 0.4) is 0 Å². The first-order valence-electron chi connectivity index (χ1n) is 7.12. The number of hydrogen-bond acceptors (Lipinski definition) is 5.